The number of nitrogens with zero attached hydrogens (tertiary/aromatic N) is 2. The molecule has 0 bridgehead atoms. The summed E-state index contributed by atoms with van der Waals surface area (Å²) in [5.74, 6) is 0. The minimum absolute atomic E-state index is 0.0244. The molecule has 1 saturated heterocycles. The van der Waals surface area contributed by atoms with Gasteiger partial charge in [0.2, 0.25) is 0 Å². The number of amides is 2. The molecule has 1 aliphatic rings. The maximum Gasteiger partial charge on any atom is 0.317 e. The monoisotopic (exact) mass is 309 g/mol. The van der Waals surface area contributed by atoms with Gasteiger partial charge in [-0.2, -0.15) is 0 Å². The van der Waals surface area contributed by atoms with E-state index in [0.29, 0.717) is 0 Å². The van der Waals surface area contributed by atoms with Gasteiger partial charge in [-0.1, -0.05) is 17.7 Å². The number of hydrogen-bond acceptors (Lipinski definition) is 2. The highest BCUT2D eigenvalue weighted by Gasteiger charge is 2.23. The van der Waals surface area contributed by atoms with Crippen molar-refractivity contribution in [3.63, 3.8) is 0 Å². The summed E-state index contributed by atoms with van der Waals surface area (Å²) >= 11 is 6.40. The van der Waals surface area contributed by atoms with Gasteiger partial charge in [-0.15, -0.1) is 0 Å². The van der Waals surface area contributed by atoms with E-state index in [-0.39, 0.29) is 12.1 Å². The van der Waals surface area contributed by atoms with Crippen molar-refractivity contribution in [2.75, 3.05) is 31.1 Å². The number of hydrogen-bond donors (Lipinski definition) is 1. The topological polar surface area (TPSA) is 35.6 Å². The van der Waals surface area contributed by atoms with Crippen LogP contribution in [0.15, 0.2) is 12.1 Å². The molecule has 2 amide bonds. The molecule has 0 spiro atoms. The second-order valence-electron chi connectivity index (χ2n) is 5.99. The van der Waals surface area contributed by atoms with Crippen LogP contribution in [-0.4, -0.2) is 43.2 Å². The molecular formula is C16H24ClN3O. The van der Waals surface area contributed by atoms with Gasteiger partial charge >= 0.3 is 6.03 Å². The zero-order valence-corrected chi connectivity index (χ0v) is 14.0. The third kappa shape index (κ3) is 3.82. The summed E-state index contributed by atoms with van der Waals surface area (Å²) in [5, 5.41) is 3.74. The van der Waals surface area contributed by atoms with Crippen molar-refractivity contribution in [1.29, 1.82) is 0 Å². The van der Waals surface area contributed by atoms with Gasteiger partial charge in [-0.05, 0) is 44.9 Å². The predicted molar refractivity (Wildman–Crippen MR) is 88.4 cm³/mol. The van der Waals surface area contributed by atoms with Gasteiger partial charge in [0.25, 0.3) is 0 Å². The van der Waals surface area contributed by atoms with Gasteiger partial charge in [0.15, 0.2) is 0 Å². The lowest BCUT2D eigenvalue weighted by Gasteiger charge is -2.37. The third-order valence-corrected chi connectivity index (χ3v) is 3.98. The highest BCUT2D eigenvalue weighted by Crippen LogP contribution is 2.31. The molecule has 21 heavy (non-hydrogen) atoms. The quantitative estimate of drug-likeness (QED) is 0.910. The Labute approximate surface area is 132 Å². The molecule has 1 heterocycles. The van der Waals surface area contributed by atoms with Crippen molar-refractivity contribution in [2.24, 2.45) is 0 Å². The van der Waals surface area contributed by atoms with Crippen molar-refractivity contribution in [3.8, 4) is 0 Å². The predicted octanol–water partition coefficient (Wildman–Crippen LogP) is 3.20. The summed E-state index contributed by atoms with van der Waals surface area (Å²) in [6.45, 7) is 11.2. The number of anilines is 1. The Morgan fingerprint density at radius 1 is 1.19 bits per heavy atom. The van der Waals surface area contributed by atoms with E-state index in [9.17, 15) is 4.79 Å². The minimum atomic E-state index is 0.0244. The van der Waals surface area contributed by atoms with E-state index < -0.39 is 0 Å². The lowest BCUT2D eigenvalue weighted by molar-refractivity contribution is 0.192. The molecule has 0 radical (unpaired) electrons. The Balaban J connectivity index is 2.03. The molecule has 0 unspecified atom stereocenters. The van der Waals surface area contributed by atoms with E-state index in [1.54, 1.807) is 0 Å². The molecule has 0 aromatic heterocycles. The fraction of sp³-hybridized carbons (Fsp3) is 0.562. The molecular weight excluding hydrogens is 286 g/mol. The molecule has 2 rings (SSSR count). The molecule has 1 fully saturated rings. The molecule has 5 heteroatoms. The number of rotatable bonds is 2. The number of nitrogens with one attached hydrogen (secondary N) is 1. The van der Waals surface area contributed by atoms with Crippen LogP contribution in [0.1, 0.15) is 25.0 Å². The number of halogens is 1. The molecule has 1 N–H and O–H groups in total. The molecule has 0 aliphatic carbocycles. The molecule has 0 atom stereocenters. The second kappa shape index (κ2) is 6.56. The van der Waals surface area contributed by atoms with Gasteiger partial charge in [-0.3, -0.25) is 0 Å². The average molecular weight is 310 g/mol. The zero-order chi connectivity index (χ0) is 15.6. The van der Waals surface area contributed by atoms with Crippen molar-refractivity contribution in [3.05, 3.63) is 28.3 Å². The van der Waals surface area contributed by atoms with E-state index in [2.05, 4.69) is 30.1 Å². The fourth-order valence-corrected chi connectivity index (χ4v) is 3.22. The van der Waals surface area contributed by atoms with Crippen molar-refractivity contribution in [1.82, 2.24) is 10.2 Å². The summed E-state index contributed by atoms with van der Waals surface area (Å²) in [7, 11) is 0. The van der Waals surface area contributed by atoms with Gasteiger partial charge in [0, 0.05) is 32.2 Å². The number of carbonyl (C=O) groups is 1. The van der Waals surface area contributed by atoms with Crippen molar-refractivity contribution < 1.29 is 4.79 Å². The van der Waals surface area contributed by atoms with Crippen molar-refractivity contribution >= 4 is 23.3 Å². The van der Waals surface area contributed by atoms with Crippen LogP contribution in [-0.2, 0) is 0 Å². The van der Waals surface area contributed by atoms with Crippen LogP contribution in [0.2, 0.25) is 5.02 Å². The number of piperazine rings is 1. The maximum absolute atomic E-state index is 12.0. The third-order valence-electron chi connectivity index (χ3n) is 3.69. The first-order valence-electron chi connectivity index (χ1n) is 7.45. The normalized spacial score (nSPS) is 15.5. The Morgan fingerprint density at radius 2 is 1.81 bits per heavy atom. The standard InChI is InChI=1S/C16H24ClN3O/c1-11(2)18-16(21)20-7-5-19(6-8-20)15-13(4)9-12(3)10-14(15)17/h9-11H,5-8H2,1-4H3,(H,18,21). The number of urea groups is 1. The molecule has 4 nitrogen and oxygen atoms in total. The Kier molecular flexibility index (Phi) is 4.99. The van der Waals surface area contributed by atoms with Crippen molar-refractivity contribution in [2.45, 2.75) is 33.7 Å². The van der Waals surface area contributed by atoms with Crippen LogP contribution < -0.4 is 10.2 Å². The molecule has 1 aliphatic heterocycles. The second-order valence-corrected chi connectivity index (χ2v) is 6.40. The van der Waals surface area contributed by atoms with E-state index in [1.807, 2.05) is 24.8 Å². The van der Waals surface area contributed by atoms with E-state index in [4.69, 9.17) is 11.6 Å². The maximum atomic E-state index is 12.0. The lowest BCUT2D eigenvalue weighted by atomic mass is 10.1. The largest absolute Gasteiger partial charge is 0.367 e. The zero-order valence-electron chi connectivity index (χ0n) is 13.2. The first-order chi connectivity index (χ1) is 9.88. The summed E-state index contributed by atoms with van der Waals surface area (Å²) in [6.07, 6.45) is 0. The van der Waals surface area contributed by atoms with Crippen LogP contribution in [0, 0.1) is 13.8 Å². The summed E-state index contributed by atoms with van der Waals surface area (Å²) in [6, 6.07) is 4.35. The number of benzene rings is 1. The minimum Gasteiger partial charge on any atom is -0.367 e. The molecule has 116 valence electrons. The fourth-order valence-electron chi connectivity index (χ4n) is 2.78. The van der Waals surface area contributed by atoms with Gasteiger partial charge < -0.3 is 15.1 Å². The van der Waals surface area contributed by atoms with Crippen LogP contribution in [0.3, 0.4) is 0 Å². The first kappa shape index (κ1) is 16.0. The van der Waals surface area contributed by atoms with Crippen LogP contribution in [0.25, 0.3) is 0 Å². The van der Waals surface area contributed by atoms with Gasteiger partial charge in [-0.25, -0.2) is 4.79 Å². The summed E-state index contributed by atoms with van der Waals surface area (Å²) in [5.41, 5.74) is 3.47. The van der Waals surface area contributed by atoms with Crippen LogP contribution >= 0.6 is 11.6 Å². The Hall–Kier alpha value is -1.42. The molecule has 1 aromatic carbocycles. The summed E-state index contributed by atoms with van der Waals surface area (Å²) < 4.78 is 0. The van der Waals surface area contributed by atoms with Crippen LogP contribution in [0.4, 0.5) is 10.5 Å². The molecule has 0 saturated carbocycles. The van der Waals surface area contributed by atoms with E-state index in [1.165, 1.54) is 11.1 Å². The van der Waals surface area contributed by atoms with Gasteiger partial charge in [0.1, 0.15) is 0 Å². The van der Waals surface area contributed by atoms with Gasteiger partial charge in [0.05, 0.1) is 10.7 Å². The Morgan fingerprint density at radius 3 is 2.33 bits per heavy atom. The highest BCUT2D eigenvalue weighted by atomic mass is 35.5. The molecule has 1 aromatic rings. The SMILES string of the molecule is Cc1cc(C)c(N2CCN(C(=O)NC(C)C)CC2)c(Cl)c1. The first-order valence-corrected chi connectivity index (χ1v) is 7.83. The van der Waals surface area contributed by atoms with E-state index in [0.717, 1.165) is 36.9 Å². The van der Waals surface area contributed by atoms with E-state index >= 15 is 0 Å². The average Bonchev–Trinajstić information content (AvgIpc) is 2.37. The Bertz CT molecular complexity index is 499. The lowest BCUT2D eigenvalue weighted by Crippen LogP contribution is -2.53. The smallest absolute Gasteiger partial charge is 0.317 e. The summed E-state index contributed by atoms with van der Waals surface area (Å²) in [4.78, 5) is 16.1. The van der Waals surface area contributed by atoms with Crippen LogP contribution in [0.5, 0.6) is 0 Å². The number of carbonyl (C=O) groups excluding carboxylic acids is 1. The highest BCUT2D eigenvalue weighted by molar-refractivity contribution is 6.33. The number of aryl methyl sites for hydroxylation is 2.